The quantitative estimate of drug-likeness (QED) is 0.312. The number of aromatic nitrogens is 3. The number of urea groups is 1. The van der Waals surface area contributed by atoms with E-state index >= 15 is 0 Å². The van der Waals surface area contributed by atoms with Gasteiger partial charge in [-0.05, 0) is 64.2 Å². The van der Waals surface area contributed by atoms with Gasteiger partial charge in [0.2, 0.25) is 10.0 Å². The summed E-state index contributed by atoms with van der Waals surface area (Å²) in [5.74, 6) is 1.11. The topological polar surface area (TPSA) is 112 Å². The summed E-state index contributed by atoms with van der Waals surface area (Å²) < 4.78 is 30.9. The van der Waals surface area contributed by atoms with Crippen LogP contribution >= 0.6 is 0 Å². The van der Waals surface area contributed by atoms with Crippen molar-refractivity contribution < 1.29 is 13.2 Å². The van der Waals surface area contributed by atoms with Crippen LogP contribution in [0.2, 0.25) is 0 Å². The Hall–Kier alpha value is -2.50. The third-order valence-corrected chi connectivity index (χ3v) is 9.35. The normalized spacial score (nSPS) is 15.3. The number of benzene rings is 1. The summed E-state index contributed by atoms with van der Waals surface area (Å²) in [5, 5.41) is 7.68. The van der Waals surface area contributed by atoms with E-state index in [4.69, 9.17) is 4.98 Å². The molecule has 1 atom stereocenters. The maximum atomic E-state index is 13.1. The van der Waals surface area contributed by atoms with Gasteiger partial charge < -0.3 is 15.1 Å². The first-order valence-corrected chi connectivity index (χ1v) is 16.6. The van der Waals surface area contributed by atoms with Gasteiger partial charge in [-0.2, -0.15) is 5.10 Å². The summed E-state index contributed by atoms with van der Waals surface area (Å²) in [7, 11) is -1.69. The van der Waals surface area contributed by atoms with Crippen molar-refractivity contribution in [3.63, 3.8) is 0 Å². The maximum absolute atomic E-state index is 13.1. The SMILES string of the molecule is CCN(CC)CCCS(=O)(=O)N[C@H](CCc1ccccc1)c1nc(CNC(=O)N(C)C2CCCCC2)n(CC)n1. The van der Waals surface area contributed by atoms with E-state index in [2.05, 4.69) is 33.9 Å². The van der Waals surface area contributed by atoms with Crippen LogP contribution in [0.4, 0.5) is 4.79 Å². The first-order chi connectivity index (χ1) is 19.3. The molecule has 11 heteroatoms. The van der Waals surface area contributed by atoms with Crippen LogP contribution in [0.25, 0.3) is 0 Å². The zero-order valence-corrected chi connectivity index (χ0v) is 25.6. The van der Waals surface area contributed by atoms with E-state index in [1.807, 2.05) is 49.2 Å². The largest absolute Gasteiger partial charge is 0.331 e. The minimum atomic E-state index is -3.55. The lowest BCUT2D eigenvalue weighted by molar-refractivity contribution is 0.173. The van der Waals surface area contributed by atoms with E-state index < -0.39 is 16.1 Å². The molecule has 3 rings (SSSR count). The Morgan fingerprint density at radius 3 is 2.45 bits per heavy atom. The van der Waals surface area contributed by atoms with Crippen molar-refractivity contribution in [2.24, 2.45) is 0 Å². The number of sulfonamides is 1. The Labute approximate surface area is 241 Å². The van der Waals surface area contributed by atoms with Crippen molar-refractivity contribution in [2.45, 2.75) is 97.3 Å². The van der Waals surface area contributed by atoms with Gasteiger partial charge in [0.15, 0.2) is 5.82 Å². The zero-order chi connectivity index (χ0) is 29.0. The third kappa shape index (κ3) is 9.85. The van der Waals surface area contributed by atoms with Gasteiger partial charge in [0.25, 0.3) is 0 Å². The molecule has 1 aliphatic carbocycles. The van der Waals surface area contributed by atoms with Gasteiger partial charge in [0, 0.05) is 19.6 Å². The van der Waals surface area contributed by atoms with Gasteiger partial charge >= 0.3 is 6.03 Å². The molecular weight excluding hydrogens is 526 g/mol. The Bertz CT molecular complexity index is 1130. The lowest BCUT2D eigenvalue weighted by atomic mass is 9.95. The van der Waals surface area contributed by atoms with E-state index in [-0.39, 0.29) is 24.4 Å². The van der Waals surface area contributed by atoms with Crippen molar-refractivity contribution >= 4 is 16.1 Å². The highest BCUT2D eigenvalue weighted by atomic mass is 32.2. The first-order valence-electron chi connectivity index (χ1n) is 15.0. The molecule has 2 N–H and O–H groups in total. The molecule has 1 aromatic heterocycles. The molecule has 0 unspecified atom stereocenters. The molecule has 1 fully saturated rings. The summed E-state index contributed by atoms with van der Waals surface area (Å²) in [6.07, 6.45) is 7.41. The fraction of sp³-hybridized carbons (Fsp3) is 0.690. The Balaban J connectivity index is 1.71. The van der Waals surface area contributed by atoms with Crippen LogP contribution < -0.4 is 10.0 Å². The smallest absolute Gasteiger partial charge is 0.317 e. The minimum Gasteiger partial charge on any atom is -0.331 e. The summed E-state index contributed by atoms with van der Waals surface area (Å²) in [6, 6.07) is 9.60. The van der Waals surface area contributed by atoms with Gasteiger partial charge in [-0.3, -0.25) is 0 Å². The molecule has 40 heavy (non-hydrogen) atoms. The van der Waals surface area contributed by atoms with Crippen LogP contribution in [0.3, 0.4) is 0 Å². The first kappa shape index (κ1) is 32.0. The second kappa shape index (κ2) is 16.1. The van der Waals surface area contributed by atoms with Crippen LogP contribution in [0.1, 0.15) is 89.0 Å². The van der Waals surface area contributed by atoms with E-state index in [0.29, 0.717) is 37.5 Å². The average molecular weight is 576 g/mol. The maximum Gasteiger partial charge on any atom is 0.317 e. The highest BCUT2D eigenvalue weighted by Crippen LogP contribution is 2.22. The van der Waals surface area contributed by atoms with Crippen LogP contribution in [-0.4, -0.2) is 77.5 Å². The summed E-state index contributed by atoms with van der Waals surface area (Å²) in [6.45, 7) is 9.48. The molecule has 0 aliphatic heterocycles. The number of hydrogen-bond donors (Lipinski definition) is 2. The molecule has 10 nitrogen and oxygen atoms in total. The zero-order valence-electron chi connectivity index (χ0n) is 24.8. The van der Waals surface area contributed by atoms with Crippen molar-refractivity contribution in [1.29, 1.82) is 0 Å². The number of amides is 2. The molecule has 1 aliphatic rings. The fourth-order valence-electron chi connectivity index (χ4n) is 5.33. The summed E-state index contributed by atoms with van der Waals surface area (Å²) in [4.78, 5) is 21.6. The van der Waals surface area contributed by atoms with Crippen LogP contribution in [0, 0.1) is 0 Å². The lowest BCUT2D eigenvalue weighted by Crippen LogP contribution is -2.44. The number of nitrogens with one attached hydrogen (secondary N) is 2. The Kier molecular flexibility index (Phi) is 12.9. The monoisotopic (exact) mass is 575 g/mol. The van der Waals surface area contributed by atoms with Gasteiger partial charge in [-0.15, -0.1) is 0 Å². The van der Waals surface area contributed by atoms with Crippen molar-refractivity contribution in [3.05, 3.63) is 47.5 Å². The number of carbonyl (C=O) groups is 1. The second-order valence-corrected chi connectivity index (χ2v) is 12.5. The van der Waals surface area contributed by atoms with E-state index in [9.17, 15) is 13.2 Å². The number of nitrogens with zero attached hydrogens (tertiary/aromatic N) is 5. The average Bonchev–Trinajstić information content (AvgIpc) is 3.40. The summed E-state index contributed by atoms with van der Waals surface area (Å²) in [5.41, 5.74) is 1.13. The van der Waals surface area contributed by atoms with Crippen molar-refractivity contribution in [3.8, 4) is 0 Å². The number of aryl methyl sites for hydroxylation is 2. The number of carbonyl (C=O) groups excluding carboxylic acids is 1. The van der Waals surface area contributed by atoms with Crippen LogP contribution in [0.5, 0.6) is 0 Å². The predicted molar refractivity (Wildman–Crippen MR) is 159 cm³/mol. The van der Waals surface area contributed by atoms with Crippen molar-refractivity contribution in [1.82, 2.24) is 34.6 Å². The molecule has 1 aromatic carbocycles. The molecule has 1 saturated carbocycles. The summed E-state index contributed by atoms with van der Waals surface area (Å²) >= 11 is 0. The van der Waals surface area contributed by atoms with E-state index in [1.54, 1.807) is 4.68 Å². The number of hydrogen-bond acceptors (Lipinski definition) is 6. The molecule has 0 saturated heterocycles. The minimum absolute atomic E-state index is 0.0518. The van der Waals surface area contributed by atoms with E-state index in [0.717, 1.165) is 50.9 Å². The van der Waals surface area contributed by atoms with Crippen molar-refractivity contribution in [2.75, 3.05) is 32.4 Å². The Morgan fingerprint density at radius 2 is 1.80 bits per heavy atom. The second-order valence-electron chi connectivity index (χ2n) is 10.7. The fourth-order valence-corrected chi connectivity index (χ4v) is 6.61. The molecule has 1 heterocycles. The van der Waals surface area contributed by atoms with Gasteiger partial charge in [0.1, 0.15) is 5.82 Å². The molecule has 2 amide bonds. The predicted octanol–water partition coefficient (Wildman–Crippen LogP) is 4.10. The lowest BCUT2D eigenvalue weighted by Gasteiger charge is -2.31. The van der Waals surface area contributed by atoms with Gasteiger partial charge in [0.05, 0.1) is 18.3 Å². The molecule has 0 spiro atoms. The van der Waals surface area contributed by atoms with Gasteiger partial charge in [-0.25, -0.2) is 27.6 Å². The molecule has 2 aromatic rings. The van der Waals surface area contributed by atoms with Gasteiger partial charge in [-0.1, -0.05) is 63.4 Å². The number of rotatable bonds is 16. The van der Waals surface area contributed by atoms with Crippen LogP contribution in [-0.2, 0) is 29.5 Å². The molecule has 0 bridgehead atoms. The standard InChI is InChI=1S/C29H49N7O3S/c1-5-35(6-2)21-14-22-40(38,39)33-26(20-19-24-15-10-8-11-16-24)28-31-27(36(7-3)32-28)23-30-29(37)34(4)25-17-12-9-13-18-25/h8,10-11,15-16,25-26,33H,5-7,9,12-14,17-23H2,1-4H3,(H,30,37)/t26-/m1/s1. The highest BCUT2D eigenvalue weighted by Gasteiger charge is 2.26. The Morgan fingerprint density at radius 1 is 1.10 bits per heavy atom. The van der Waals surface area contributed by atoms with Crippen LogP contribution in [0.15, 0.2) is 30.3 Å². The third-order valence-electron chi connectivity index (χ3n) is 7.88. The highest BCUT2D eigenvalue weighted by molar-refractivity contribution is 7.89. The molecular formula is C29H49N7O3S. The molecule has 224 valence electrons. The van der Waals surface area contributed by atoms with E-state index in [1.165, 1.54) is 6.42 Å². The molecule has 0 radical (unpaired) electrons.